The lowest BCUT2D eigenvalue weighted by atomic mass is 9.65. The fourth-order valence-electron chi connectivity index (χ4n) is 5.67. The second-order valence-electron chi connectivity index (χ2n) is 8.76. The maximum Gasteiger partial charge on any atom is 0.0135 e. The first-order valence-corrected chi connectivity index (χ1v) is 11.0. The van der Waals surface area contributed by atoms with Gasteiger partial charge in [-0.3, -0.25) is 0 Å². The summed E-state index contributed by atoms with van der Waals surface area (Å²) in [4.78, 5) is 0. The van der Waals surface area contributed by atoms with Crippen molar-refractivity contribution in [3.63, 3.8) is 0 Å². The highest BCUT2D eigenvalue weighted by Crippen LogP contribution is 2.46. The first-order valence-electron chi connectivity index (χ1n) is 9.77. The number of hydrogen-bond donors (Lipinski definition) is 0. The summed E-state index contributed by atoms with van der Waals surface area (Å²) in [6.45, 7) is 4.95. The van der Waals surface area contributed by atoms with E-state index in [4.69, 9.17) is 0 Å². The molecule has 0 aromatic heterocycles. The Labute approximate surface area is 146 Å². The summed E-state index contributed by atoms with van der Waals surface area (Å²) >= 11 is 2.70. The van der Waals surface area contributed by atoms with Gasteiger partial charge in [-0.2, -0.15) is 0 Å². The standard InChI is InChI=1S/C20H35I/c1-14-3-5-16(6-4-14)17-7-9-18(10-8-17)19-11-12-20(21)15(2)13-19/h14-20H,3-13H2,1-2H3. The molecule has 3 saturated carbocycles. The molecular formula is C20H35I. The fraction of sp³-hybridized carbons (Fsp3) is 1.00. The van der Waals surface area contributed by atoms with E-state index in [2.05, 4.69) is 36.4 Å². The molecule has 0 aromatic carbocycles. The van der Waals surface area contributed by atoms with E-state index in [9.17, 15) is 0 Å². The Morgan fingerprint density at radius 3 is 1.52 bits per heavy atom. The molecular weight excluding hydrogens is 367 g/mol. The second-order valence-corrected chi connectivity index (χ2v) is 10.4. The predicted octanol–water partition coefficient (Wildman–Crippen LogP) is 6.86. The summed E-state index contributed by atoms with van der Waals surface area (Å²) in [7, 11) is 0. The number of rotatable bonds is 2. The average Bonchev–Trinajstić information content (AvgIpc) is 2.51. The molecule has 21 heavy (non-hydrogen) atoms. The monoisotopic (exact) mass is 402 g/mol. The fourth-order valence-corrected chi connectivity index (χ4v) is 6.33. The lowest BCUT2D eigenvalue weighted by molar-refractivity contribution is 0.107. The van der Waals surface area contributed by atoms with E-state index in [1.807, 2.05) is 0 Å². The van der Waals surface area contributed by atoms with Crippen LogP contribution in [0.5, 0.6) is 0 Å². The molecule has 3 aliphatic rings. The van der Waals surface area contributed by atoms with Crippen molar-refractivity contribution < 1.29 is 0 Å². The zero-order chi connectivity index (χ0) is 14.8. The number of alkyl halides is 1. The van der Waals surface area contributed by atoms with Gasteiger partial charge in [0.25, 0.3) is 0 Å². The molecule has 0 nitrogen and oxygen atoms in total. The maximum absolute atomic E-state index is 2.70. The van der Waals surface area contributed by atoms with Crippen molar-refractivity contribution in [3.05, 3.63) is 0 Å². The van der Waals surface area contributed by atoms with Gasteiger partial charge in [-0.15, -0.1) is 0 Å². The van der Waals surface area contributed by atoms with Gasteiger partial charge in [0, 0.05) is 3.92 Å². The molecule has 0 bridgehead atoms. The van der Waals surface area contributed by atoms with Gasteiger partial charge in [0.15, 0.2) is 0 Å². The van der Waals surface area contributed by atoms with Gasteiger partial charge in [-0.05, 0) is 93.3 Å². The van der Waals surface area contributed by atoms with Crippen molar-refractivity contribution in [2.45, 2.75) is 88.4 Å². The first-order chi connectivity index (χ1) is 10.1. The van der Waals surface area contributed by atoms with Crippen LogP contribution in [-0.2, 0) is 0 Å². The van der Waals surface area contributed by atoms with Gasteiger partial charge >= 0.3 is 0 Å². The minimum atomic E-state index is 0.958. The van der Waals surface area contributed by atoms with E-state index in [1.165, 1.54) is 32.1 Å². The quantitative estimate of drug-likeness (QED) is 0.350. The Bertz CT molecular complexity index is 310. The zero-order valence-electron chi connectivity index (χ0n) is 14.2. The summed E-state index contributed by atoms with van der Waals surface area (Å²) in [6.07, 6.45) is 17.0. The van der Waals surface area contributed by atoms with Crippen LogP contribution in [0.4, 0.5) is 0 Å². The summed E-state index contributed by atoms with van der Waals surface area (Å²) < 4.78 is 0.958. The van der Waals surface area contributed by atoms with Crippen molar-refractivity contribution >= 4 is 22.6 Å². The third-order valence-corrected chi connectivity index (χ3v) is 9.17. The van der Waals surface area contributed by atoms with Crippen LogP contribution in [-0.4, -0.2) is 3.92 Å². The van der Waals surface area contributed by atoms with Gasteiger partial charge < -0.3 is 0 Å². The van der Waals surface area contributed by atoms with E-state index >= 15 is 0 Å². The van der Waals surface area contributed by atoms with Crippen LogP contribution < -0.4 is 0 Å². The lowest BCUT2D eigenvalue weighted by Gasteiger charge is -2.42. The van der Waals surface area contributed by atoms with Gasteiger partial charge in [-0.25, -0.2) is 0 Å². The maximum atomic E-state index is 2.70. The molecule has 0 radical (unpaired) electrons. The highest BCUT2D eigenvalue weighted by atomic mass is 127. The third kappa shape index (κ3) is 4.18. The minimum Gasteiger partial charge on any atom is -0.0823 e. The van der Waals surface area contributed by atoms with Crippen LogP contribution in [0.25, 0.3) is 0 Å². The van der Waals surface area contributed by atoms with Gasteiger partial charge in [0.1, 0.15) is 0 Å². The van der Waals surface area contributed by atoms with Crippen molar-refractivity contribution in [2.75, 3.05) is 0 Å². The molecule has 0 aromatic rings. The van der Waals surface area contributed by atoms with Crippen LogP contribution in [0.15, 0.2) is 0 Å². The molecule has 0 aliphatic heterocycles. The Kier molecular flexibility index (Phi) is 5.95. The molecule has 3 unspecified atom stereocenters. The van der Waals surface area contributed by atoms with E-state index in [-0.39, 0.29) is 0 Å². The van der Waals surface area contributed by atoms with Crippen molar-refractivity contribution in [3.8, 4) is 0 Å². The molecule has 0 amide bonds. The topological polar surface area (TPSA) is 0 Å². The Balaban J connectivity index is 1.45. The molecule has 0 N–H and O–H groups in total. The Morgan fingerprint density at radius 1 is 0.571 bits per heavy atom. The van der Waals surface area contributed by atoms with E-state index in [0.29, 0.717) is 0 Å². The van der Waals surface area contributed by atoms with Crippen LogP contribution in [0.3, 0.4) is 0 Å². The minimum absolute atomic E-state index is 0.958. The van der Waals surface area contributed by atoms with Crippen LogP contribution in [0.1, 0.15) is 84.5 Å². The summed E-state index contributed by atoms with van der Waals surface area (Å²) in [5, 5.41) is 0. The van der Waals surface area contributed by atoms with Crippen LogP contribution >= 0.6 is 22.6 Å². The smallest absolute Gasteiger partial charge is 0.0135 e. The largest absolute Gasteiger partial charge is 0.0823 e. The van der Waals surface area contributed by atoms with E-state index in [1.54, 1.807) is 38.5 Å². The number of hydrogen-bond acceptors (Lipinski definition) is 0. The predicted molar refractivity (Wildman–Crippen MR) is 101 cm³/mol. The molecule has 0 spiro atoms. The zero-order valence-corrected chi connectivity index (χ0v) is 16.4. The molecule has 122 valence electrons. The Morgan fingerprint density at radius 2 is 1.00 bits per heavy atom. The molecule has 0 heterocycles. The lowest BCUT2D eigenvalue weighted by Crippen LogP contribution is -2.32. The summed E-state index contributed by atoms with van der Waals surface area (Å²) in [5.41, 5.74) is 0. The molecule has 3 atom stereocenters. The van der Waals surface area contributed by atoms with E-state index in [0.717, 1.165) is 39.4 Å². The van der Waals surface area contributed by atoms with Crippen molar-refractivity contribution in [1.29, 1.82) is 0 Å². The highest BCUT2D eigenvalue weighted by Gasteiger charge is 2.35. The van der Waals surface area contributed by atoms with Crippen LogP contribution in [0, 0.1) is 35.5 Å². The SMILES string of the molecule is CC1CCC(C2CCC(C3CCC(I)C(C)C3)CC2)CC1. The van der Waals surface area contributed by atoms with Gasteiger partial charge in [-0.1, -0.05) is 49.3 Å². The van der Waals surface area contributed by atoms with Crippen LogP contribution in [0.2, 0.25) is 0 Å². The summed E-state index contributed by atoms with van der Waals surface area (Å²) in [6, 6.07) is 0. The molecule has 1 heteroatoms. The number of halogens is 1. The molecule has 0 saturated heterocycles. The molecule has 3 fully saturated rings. The van der Waals surface area contributed by atoms with Gasteiger partial charge in [0.2, 0.25) is 0 Å². The van der Waals surface area contributed by atoms with Gasteiger partial charge in [0.05, 0.1) is 0 Å². The Hall–Kier alpha value is 0.730. The second kappa shape index (κ2) is 7.53. The normalized spacial score (nSPS) is 49.0. The first kappa shape index (κ1) is 16.6. The van der Waals surface area contributed by atoms with Crippen molar-refractivity contribution in [1.82, 2.24) is 0 Å². The van der Waals surface area contributed by atoms with E-state index < -0.39 is 0 Å². The molecule has 3 rings (SSSR count). The summed E-state index contributed by atoms with van der Waals surface area (Å²) in [5.74, 6) is 6.37. The van der Waals surface area contributed by atoms with Crippen molar-refractivity contribution in [2.24, 2.45) is 35.5 Å². The molecule has 3 aliphatic carbocycles. The highest BCUT2D eigenvalue weighted by molar-refractivity contribution is 14.1. The third-order valence-electron chi connectivity index (χ3n) is 7.32. The average molecular weight is 402 g/mol.